The first-order valence-corrected chi connectivity index (χ1v) is 11.2. The van der Waals surface area contributed by atoms with Gasteiger partial charge in [0.1, 0.15) is 12.4 Å². The van der Waals surface area contributed by atoms with Gasteiger partial charge in [-0.1, -0.05) is 82.1 Å². The van der Waals surface area contributed by atoms with Crippen LogP contribution in [0.3, 0.4) is 0 Å². The van der Waals surface area contributed by atoms with Gasteiger partial charge in [-0.05, 0) is 52.2 Å². The van der Waals surface area contributed by atoms with Crippen molar-refractivity contribution in [3.8, 4) is 5.75 Å². The molecule has 0 aliphatic carbocycles. The molecule has 4 nitrogen and oxygen atoms in total. The van der Waals surface area contributed by atoms with Crippen LogP contribution >= 0.6 is 27.5 Å². The maximum Gasteiger partial charge on any atom is 0.244 e. The fourth-order valence-electron chi connectivity index (χ4n) is 3.27. The van der Waals surface area contributed by atoms with Crippen LogP contribution in [0.1, 0.15) is 16.7 Å². The number of nitrogens with one attached hydrogen (secondary N) is 1. The molecule has 0 unspecified atom stereocenters. The summed E-state index contributed by atoms with van der Waals surface area (Å²) in [4.78, 5) is 12.3. The molecular formula is C26H20BrClN2O2. The zero-order chi connectivity index (χ0) is 22.3. The van der Waals surface area contributed by atoms with Crippen molar-refractivity contribution in [2.24, 2.45) is 5.10 Å². The summed E-state index contributed by atoms with van der Waals surface area (Å²) in [6.07, 6.45) is 1.89. The lowest BCUT2D eigenvalue weighted by atomic mass is 10.0. The van der Waals surface area contributed by atoms with Crippen molar-refractivity contribution in [2.75, 3.05) is 0 Å². The molecule has 0 bridgehead atoms. The molecule has 0 aromatic heterocycles. The Balaban J connectivity index is 1.51. The van der Waals surface area contributed by atoms with Crippen LogP contribution < -0.4 is 10.2 Å². The number of amides is 1. The Morgan fingerprint density at radius 1 is 0.938 bits per heavy atom. The first kappa shape index (κ1) is 22.1. The predicted molar refractivity (Wildman–Crippen MR) is 133 cm³/mol. The average Bonchev–Trinajstić information content (AvgIpc) is 2.81. The number of carbonyl (C=O) groups excluding carboxylic acids is 1. The van der Waals surface area contributed by atoms with Crippen molar-refractivity contribution < 1.29 is 9.53 Å². The standard InChI is InChI=1S/C26H20BrClN2O2/c27-21-10-5-18(6-11-21)15-26(31)30-29-16-24-23-4-2-1-3-20(23)9-14-25(24)32-17-19-7-12-22(28)13-8-19/h1-14,16H,15,17H2,(H,30,31)/b29-16-. The van der Waals surface area contributed by atoms with Crippen molar-refractivity contribution in [1.82, 2.24) is 5.43 Å². The molecule has 0 aliphatic rings. The normalized spacial score (nSPS) is 11.1. The topological polar surface area (TPSA) is 50.7 Å². The SMILES string of the molecule is O=C(Cc1ccc(Br)cc1)N/N=C\c1c(OCc2ccc(Cl)cc2)ccc2ccccc12. The Kier molecular flexibility index (Phi) is 7.20. The molecule has 0 heterocycles. The molecular weight excluding hydrogens is 488 g/mol. The van der Waals surface area contributed by atoms with E-state index in [1.807, 2.05) is 84.9 Å². The van der Waals surface area contributed by atoms with Crippen molar-refractivity contribution >= 4 is 50.4 Å². The van der Waals surface area contributed by atoms with Gasteiger partial charge in [0.25, 0.3) is 0 Å². The number of nitrogens with zero attached hydrogens (tertiary/aromatic N) is 1. The molecule has 4 aromatic rings. The van der Waals surface area contributed by atoms with E-state index in [0.29, 0.717) is 17.4 Å². The maximum absolute atomic E-state index is 12.3. The Hall–Kier alpha value is -3.15. The third-order valence-electron chi connectivity index (χ3n) is 4.90. The number of ether oxygens (including phenoxy) is 1. The van der Waals surface area contributed by atoms with Gasteiger partial charge in [-0.15, -0.1) is 0 Å². The van der Waals surface area contributed by atoms with E-state index in [4.69, 9.17) is 16.3 Å². The third kappa shape index (κ3) is 5.75. The number of hydrazone groups is 1. The van der Waals surface area contributed by atoms with Gasteiger partial charge in [-0.3, -0.25) is 4.79 Å². The lowest BCUT2D eigenvalue weighted by Crippen LogP contribution is -2.19. The molecule has 1 N–H and O–H groups in total. The molecule has 0 saturated carbocycles. The highest BCUT2D eigenvalue weighted by molar-refractivity contribution is 9.10. The molecule has 0 spiro atoms. The van der Waals surface area contributed by atoms with Gasteiger partial charge in [0.2, 0.25) is 5.91 Å². The van der Waals surface area contributed by atoms with E-state index in [-0.39, 0.29) is 12.3 Å². The number of benzene rings is 4. The van der Waals surface area contributed by atoms with Crippen molar-refractivity contribution in [3.05, 3.63) is 111 Å². The van der Waals surface area contributed by atoms with Gasteiger partial charge in [0.05, 0.1) is 12.6 Å². The molecule has 4 rings (SSSR count). The molecule has 0 radical (unpaired) electrons. The summed E-state index contributed by atoms with van der Waals surface area (Å²) < 4.78 is 7.06. The monoisotopic (exact) mass is 506 g/mol. The van der Waals surface area contributed by atoms with Crippen LogP contribution in [0.4, 0.5) is 0 Å². The third-order valence-corrected chi connectivity index (χ3v) is 5.68. The molecule has 1 amide bonds. The van der Waals surface area contributed by atoms with E-state index >= 15 is 0 Å². The summed E-state index contributed by atoms with van der Waals surface area (Å²) in [7, 11) is 0. The Morgan fingerprint density at radius 2 is 1.66 bits per heavy atom. The highest BCUT2D eigenvalue weighted by Gasteiger charge is 2.08. The second kappa shape index (κ2) is 10.4. The zero-order valence-corrected chi connectivity index (χ0v) is 19.4. The fourth-order valence-corrected chi connectivity index (χ4v) is 3.66. The Morgan fingerprint density at radius 3 is 2.44 bits per heavy atom. The van der Waals surface area contributed by atoms with Crippen LogP contribution in [0, 0.1) is 0 Å². The van der Waals surface area contributed by atoms with Crippen LogP contribution in [0.5, 0.6) is 5.75 Å². The van der Waals surface area contributed by atoms with Crippen LogP contribution in [0.2, 0.25) is 5.02 Å². The van der Waals surface area contributed by atoms with E-state index < -0.39 is 0 Å². The number of halogens is 2. The highest BCUT2D eigenvalue weighted by atomic mass is 79.9. The molecule has 0 atom stereocenters. The molecule has 6 heteroatoms. The van der Waals surface area contributed by atoms with Crippen LogP contribution in [-0.4, -0.2) is 12.1 Å². The molecule has 160 valence electrons. The predicted octanol–water partition coefficient (Wildman–Crippen LogP) is 6.53. The lowest BCUT2D eigenvalue weighted by Gasteiger charge is -2.12. The van der Waals surface area contributed by atoms with Crippen LogP contribution in [0.15, 0.2) is 94.5 Å². The molecule has 4 aromatic carbocycles. The van der Waals surface area contributed by atoms with E-state index in [2.05, 4.69) is 26.5 Å². The van der Waals surface area contributed by atoms with E-state index in [0.717, 1.165) is 31.9 Å². The summed E-state index contributed by atoms with van der Waals surface area (Å²) in [5.41, 5.74) is 5.34. The minimum atomic E-state index is -0.188. The number of carbonyl (C=O) groups is 1. The van der Waals surface area contributed by atoms with Gasteiger partial charge in [-0.2, -0.15) is 5.10 Å². The fraction of sp³-hybridized carbons (Fsp3) is 0.0769. The van der Waals surface area contributed by atoms with Crippen molar-refractivity contribution in [1.29, 1.82) is 0 Å². The number of hydrogen-bond acceptors (Lipinski definition) is 3. The minimum absolute atomic E-state index is 0.188. The second-order valence-corrected chi connectivity index (χ2v) is 8.56. The zero-order valence-electron chi connectivity index (χ0n) is 17.1. The Bertz CT molecular complexity index is 1260. The molecule has 0 fully saturated rings. The second-order valence-electron chi connectivity index (χ2n) is 7.21. The van der Waals surface area contributed by atoms with Crippen LogP contribution in [0.25, 0.3) is 10.8 Å². The average molecular weight is 508 g/mol. The maximum atomic E-state index is 12.3. The van der Waals surface area contributed by atoms with E-state index in [1.165, 1.54) is 0 Å². The first-order chi connectivity index (χ1) is 15.6. The highest BCUT2D eigenvalue weighted by Crippen LogP contribution is 2.27. The smallest absolute Gasteiger partial charge is 0.244 e. The minimum Gasteiger partial charge on any atom is -0.488 e. The quantitative estimate of drug-likeness (QED) is 0.228. The van der Waals surface area contributed by atoms with Crippen molar-refractivity contribution in [3.63, 3.8) is 0 Å². The lowest BCUT2D eigenvalue weighted by molar-refractivity contribution is -0.120. The summed E-state index contributed by atoms with van der Waals surface area (Å²) in [5.74, 6) is 0.497. The number of hydrogen-bond donors (Lipinski definition) is 1. The largest absolute Gasteiger partial charge is 0.488 e. The van der Waals surface area contributed by atoms with Gasteiger partial charge >= 0.3 is 0 Å². The first-order valence-electron chi connectivity index (χ1n) is 10.0. The number of rotatable bonds is 7. The molecule has 0 aliphatic heterocycles. The number of fused-ring (bicyclic) bond motifs is 1. The van der Waals surface area contributed by atoms with E-state index in [1.54, 1.807) is 6.21 Å². The van der Waals surface area contributed by atoms with Gasteiger partial charge < -0.3 is 4.74 Å². The van der Waals surface area contributed by atoms with Crippen molar-refractivity contribution in [2.45, 2.75) is 13.0 Å². The summed E-state index contributed by atoms with van der Waals surface area (Å²) in [6.45, 7) is 0.395. The summed E-state index contributed by atoms with van der Waals surface area (Å²) in [5, 5.41) is 6.94. The van der Waals surface area contributed by atoms with Gasteiger partial charge in [0, 0.05) is 15.1 Å². The van der Waals surface area contributed by atoms with Crippen LogP contribution in [-0.2, 0) is 17.8 Å². The van der Waals surface area contributed by atoms with Gasteiger partial charge in [-0.25, -0.2) is 5.43 Å². The van der Waals surface area contributed by atoms with Gasteiger partial charge in [0.15, 0.2) is 0 Å². The summed E-state index contributed by atoms with van der Waals surface area (Å²) in [6, 6.07) is 27.1. The van der Waals surface area contributed by atoms with E-state index in [9.17, 15) is 4.79 Å². The molecule has 32 heavy (non-hydrogen) atoms. The molecule has 0 saturated heterocycles. The Labute approximate surface area is 200 Å². The summed E-state index contributed by atoms with van der Waals surface area (Å²) >= 11 is 9.36.